The zero-order valence-corrected chi connectivity index (χ0v) is 11.2. The number of hydrogen-bond donors (Lipinski definition) is 1. The maximum Gasteiger partial charge on any atom is 0.239 e. The van der Waals surface area contributed by atoms with Gasteiger partial charge in [0.05, 0.1) is 6.04 Å². The van der Waals surface area contributed by atoms with Crippen LogP contribution >= 0.6 is 0 Å². The van der Waals surface area contributed by atoms with Gasteiger partial charge < -0.3 is 10.2 Å². The summed E-state index contributed by atoms with van der Waals surface area (Å²) in [5, 5.41) is 3.37. The normalized spacial score (nSPS) is 31.1. The van der Waals surface area contributed by atoms with Crippen LogP contribution in [0.4, 0.5) is 0 Å². The number of nitrogens with zero attached hydrogens (tertiary/aromatic N) is 2. The lowest BCUT2D eigenvalue weighted by Crippen LogP contribution is -2.57. The summed E-state index contributed by atoms with van der Waals surface area (Å²) in [6, 6.07) is 0.934. The van der Waals surface area contributed by atoms with Crippen molar-refractivity contribution in [2.75, 3.05) is 32.7 Å². The number of hydrogen-bond acceptors (Lipinski definition) is 3. The summed E-state index contributed by atoms with van der Waals surface area (Å²) in [7, 11) is 0. The van der Waals surface area contributed by atoms with Crippen molar-refractivity contribution in [2.45, 2.75) is 50.6 Å². The molecule has 2 aliphatic heterocycles. The average molecular weight is 251 g/mol. The van der Waals surface area contributed by atoms with Gasteiger partial charge >= 0.3 is 0 Å². The SMILES string of the molecule is O=C(C1CCCCN1)N1CCN(C2CCC2)CC1. The Labute approximate surface area is 110 Å². The molecule has 0 aromatic rings. The molecule has 1 amide bonds. The Balaban J connectivity index is 1.47. The minimum atomic E-state index is 0.106. The molecule has 2 saturated heterocycles. The second kappa shape index (κ2) is 5.57. The highest BCUT2D eigenvalue weighted by molar-refractivity contribution is 5.82. The topological polar surface area (TPSA) is 35.6 Å². The van der Waals surface area contributed by atoms with Gasteiger partial charge in [-0.05, 0) is 32.2 Å². The minimum Gasteiger partial charge on any atom is -0.339 e. The van der Waals surface area contributed by atoms with E-state index in [0.717, 1.165) is 45.2 Å². The third kappa shape index (κ3) is 2.54. The fourth-order valence-electron chi connectivity index (χ4n) is 3.34. The molecular formula is C14H25N3O. The van der Waals surface area contributed by atoms with Crippen LogP contribution < -0.4 is 5.32 Å². The van der Waals surface area contributed by atoms with Crippen LogP contribution in [0.25, 0.3) is 0 Å². The van der Waals surface area contributed by atoms with Crippen molar-refractivity contribution in [2.24, 2.45) is 0 Å². The lowest BCUT2D eigenvalue weighted by atomic mass is 9.91. The van der Waals surface area contributed by atoms with Crippen molar-refractivity contribution in [3.8, 4) is 0 Å². The monoisotopic (exact) mass is 251 g/mol. The third-order valence-corrected chi connectivity index (χ3v) is 4.83. The number of piperidine rings is 1. The summed E-state index contributed by atoms with van der Waals surface area (Å²) in [4.78, 5) is 17.0. The van der Waals surface area contributed by atoms with Crippen molar-refractivity contribution in [3.63, 3.8) is 0 Å². The summed E-state index contributed by atoms with van der Waals surface area (Å²) in [5.41, 5.74) is 0. The van der Waals surface area contributed by atoms with E-state index in [1.807, 2.05) is 0 Å². The first-order chi connectivity index (χ1) is 8.84. The van der Waals surface area contributed by atoms with Crippen LogP contribution in [0.1, 0.15) is 38.5 Å². The number of piperazine rings is 1. The molecule has 0 aromatic carbocycles. The van der Waals surface area contributed by atoms with Crippen LogP contribution in [0.5, 0.6) is 0 Å². The zero-order chi connectivity index (χ0) is 12.4. The number of rotatable bonds is 2. The Bertz CT molecular complexity index is 289. The third-order valence-electron chi connectivity index (χ3n) is 4.83. The van der Waals surface area contributed by atoms with E-state index in [1.54, 1.807) is 0 Å². The van der Waals surface area contributed by atoms with E-state index in [9.17, 15) is 4.79 Å². The van der Waals surface area contributed by atoms with Crippen LogP contribution in [-0.2, 0) is 4.79 Å². The number of carbonyl (C=O) groups excluding carboxylic acids is 1. The Hall–Kier alpha value is -0.610. The molecule has 1 N–H and O–H groups in total. The maximum absolute atomic E-state index is 12.4. The van der Waals surface area contributed by atoms with E-state index in [-0.39, 0.29) is 6.04 Å². The molecule has 0 aromatic heterocycles. The summed E-state index contributed by atoms with van der Waals surface area (Å²) in [6.07, 6.45) is 7.60. The summed E-state index contributed by atoms with van der Waals surface area (Å²) < 4.78 is 0. The molecule has 4 nitrogen and oxygen atoms in total. The van der Waals surface area contributed by atoms with Gasteiger partial charge in [0.15, 0.2) is 0 Å². The van der Waals surface area contributed by atoms with Crippen molar-refractivity contribution in [1.29, 1.82) is 0 Å². The Kier molecular flexibility index (Phi) is 3.85. The smallest absolute Gasteiger partial charge is 0.239 e. The molecule has 3 fully saturated rings. The minimum absolute atomic E-state index is 0.106. The van der Waals surface area contributed by atoms with Gasteiger partial charge in [0, 0.05) is 32.2 Å². The Morgan fingerprint density at radius 3 is 2.28 bits per heavy atom. The van der Waals surface area contributed by atoms with Crippen LogP contribution in [0.3, 0.4) is 0 Å². The summed E-state index contributed by atoms with van der Waals surface area (Å²) in [5.74, 6) is 0.350. The Morgan fingerprint density at radius 2 is 1.72 bits per heavy atom. The second-order valence-corrected chi connectivity index (χ2v) is 5.95. The predicted octanol–water partition coefficient (Wildman–Crippen LogP) is 0.825. The van der Waals surface area contributed by atoms with Gasteiger partial charge in [-0.15, -0.1) is 0 Å². The van der Waals surface area contributed by atoms with E-state index in [0.29, 0.717) is 5.91 Å². The van der Waals surface area contributed by atoms with E-state index < -0.39 is 0 Å². The standard InChI is InChI=1S/C14H25N3O/c18-14(13-6-1-2-7-15-13)17-10-8-16(9-11-17)12-4-3-5-12/h12-13,15H,1-11H2. The fourth-order valence-corrected chi connectivity index (χ4v) is 3.34. The van der Waals surface area contributed by atoms with Gasteiger partial charge in [-0.25, -0.2) is 0 Å². The first-order valence-corrected chi connectivity index (χ1v) is 7.61. The highest BCUT2D eigenvalue weighted by Crippen LogP contribution is 2.25. The molecule has 3 rings (SSSR count). The predicted molar refractivity (Wildman–Crippen MR) is 71.4 cm³/mol. The quantitative estimate of drug-likeness (QED) is 0.789. The van der Waals surface area contributed by atoms with Crippen LogP contribution in [-0.4, -0.2) is 60.5 Å². The van der Waals surface area contributed by atoms with Crippen LogP contribution in [0.15, 0.2) is 0 Å². The van der Waals surface area contributed by atoms with Gasteiger partial charge in [0.2, 0.25) is 5.91 Å². The van der Waals surface area contributed by atoms with E-state index in [4.69, 9.17) is 0 Å². The zero-order valence-electron chi connectivity index (χ0n) is 11.2. The van der Waals surface area contributed by atoms with Gasteiger partial charge in [-0.1, -0.05) is 12.8 Å². The van der Waals surface area contributed by atoms with Gasteiger partial charge in [-0.2, -0.15) is 0 Å². The Morgan fingerprint density at radius 1 is 0.944 bits per heavy atom. The molecule has 1 atom stereocenters. The number of nitrogens with one attached hydrogen (secondary N) is 1. The van der Waals surface area contributed by atoms with Crippen molar-refractivity contribution in [3.05, 3.63) is 0 Å². The molecule has 0 bridgehead atoms. The van der Waals surface area contributed by atoms with Crippen LogP contribution in [0.2, 0.25) is 0 Å². The van der Waals surface area contributed by atoms with Gasteiger partial charge in [0.1, 0.15) is 0 Å². The lowest BCUT2D eigenvalue weighted by Gasteiger charge is -2.43. The molecule has 0 spiro atoms. The maximum atomic E-state index is 12.4. The first-order valence-electron chi connectivity index (χ1n) is 7.61. The molecular weight excluding hydrogens is 226 g/mol. The average Bonchev–Trinajstić information content (AvgIpc) is 2.38. The van der Waals surface area contributed by atoms with Crippen molar-refractivity contribution in [1.82, 2.24) is 15.1 Å². The lowest BCUT2D eigenvalue weighted by molar-refractivity contribution is -0.136. The van der Waals surface area contributed by atoms with Gasteiger partial charge in [0.25, 0.3) is 0 Å². The van der Waals surface area contributed by atoms with E-state index >= 15 is 0 Å². The highest BCUT2D eigenvalue weighted by Gasteiger charge is 2.31. The first kappa shape index (κ1) is 12.4. The molecule has 4 heteroatoms. The number of amides is 1. The summed E-state index contributed by atoms with van der Waals surface area (Å²) in [6.45, 7) is 5.06. The van der Waals surface area contributed by atoms with Crippen molar-refractivity contribution >= 4 is 5.91 Å². The molecule has 1 saturated carbocycles. The molecule has 0 radical (unpaired) electrons. The van der Waals surface area contributed by atoms with E-state index in [1.165, 1.54) is 32.1 Å². The van der Waals surface area contributed by atoms with E-state index in [2.05, 4.69) is 15.1 Å². The van der Waals surface area contributed by atoms with Gasteiger partial charge in [-0.3, -0.25) is 9.69 Å². The molecule has 3 aliphatic rings. The fraction of sp³-hybridized carbons (Fsp3) is 0.929. The highest BCUT2D eigenvalue weighted by atomic mass is 16.2. The largest absolute Gasteiger partial charge is 0.339 e. The van der Waals surface area contributed by atoms with Crippen LogP contribution in [0, 0.1) is 0 Å². The second-order valence-electron chi connectivity index (χ2n) is 5.95. The molecule has 18 heavy (non-hydrogen) atoms. The van der Waals surface area contributed by atoms with Crippen molar-refractivity contribution < 1.29 is 4.79 Å². The molecule has 102 valence electrons. The summed E-state index contributed by atoms with van der Waals surface area (Å²) >= 11 is 0. The molecule has 1 aliphatic carbocycles. The molecule has 1 unspecified atom stereocenters. The number of carbonyl (C=O) groups is 1. The molecule has 2 heterocycles.